The molecule has 2 aromatic rings. The van der Waals surface area contributed by atoms with Crippen molar-refractivity contribution in [3.63, 3.8) is 0 Å². The van der Waals surface area contributed by atoms with Gasteiger partial charge in [0.2, 0.25) is 0 Å². The molecule has 0 saturated heterocycles. The summed E-state index contributed by atoms with van der Waals surface area (Å²) in [6.07, 6.45) is 0. The Bertz CT molecular complexity index is 622. The minimum Gasteiger partial charge on any atom is -0.496 e. The molecule has 0 amide bonds. The first-order valence-corrected chi connectivity index (χ1v) is 7.91. The van der Waals surface area contributed by atoms with E-state index in [-0.39, 0.29) is 6.04 Å². The molecule has 1 N–H and O–H groups in total. The first-order chi connectivity index (χ1) is 9.99. The van der Waals surface area contributed by atoms with Gasteiger partial charge in [-0.25, -0.2) is 0 Å². The molecule has 4 nitrogen and oxygen atoms in total. The molecule has 1 aromatic carbocycles. The lowest BCUT2D eigenvalue weighted by Gasteiger charge is -2.22. The summed E-state index contributed by atoms with van der Waals surface area (Å²) < 4.78 is 9.76. The number of hydrogen-bond acceptors (Lipinski definition) is 5. The van der Waals surface area contributed by atoms with E-state index in [1.165, 1.54) is 28.2 Å². The first-order valence-electron chi connectivity index (χ1n) is 7.14. The van der Waals surface area contributed by atoms with Gasteiger partial charge in [-0.2, -0.15) is 0 Å². The maximum atomic E-state index is 5.61. The smallest absolute Gasteiger partial charge is 0.124 e. The van der Waals surface area contributed by atoms with Crippen LogP contribution in [0.25, 0.3) is 0 Å². The van der Waals surface area contributed by atoms with Gasteiger partial charge in [0.05, 0.1) is 23.7 Å². The van der Waals surface area contributed by atoms with Gasteiger partial charge in [-0.05, 0) is 55.5 Å². The van der Waals surface area contributed by atoms with Crippen molar-refractivity contribution in [1.29, 1.82) is 0 Å². The summed E-state index contributed by atoms with van der Waals surface area (Å²) in [5.74, 6) is 1.27. The Hall–Kier alpha value is -1.46. The third-order valence-corrected chi connectivity index (χ3v) is 4.44. The number of ether oxygens (including phenoxy) is 1. The Morgan fingerprint density at radius 2 is 1.95 bits per heavy atom. The molecule has 0 saturated carbocycles. The van der Waals surface area contributed by atoms with E-state index >= 15 is 0 Å². The van der Waals surface area contributed by atoms with Crippen LogP contribution in [0.4, 0.5) is 0 Å². The molecule has 114 valence electrons. The lowest BCUT2D eigenvalue weighted by atomic mass is 9.94. The highest BCUT2D eigenvalue weighted by Gasteiger charge is 2.25. The Kier molecular flexibility index (Phi) is 4.96. The van der Waals surface area contributed by atoms with E-state index in [9.17, 15) is 0 Å². The monoisotopic (exact) mass is 305 g/mol. The average Bonchev–Trinajstić information content (AvgIpc) is 2.90. The van der Waals surface area contributed by atoms with Crippen LogP contribution in [0.15, 0.2) is 12.1 Å². The van der Waals surface area contributed by atoms with Crippen molar-refractivity contribution in [2.75, 3.05) is 14.2 Å². The predicted molar refractivity (Wildman–Crippen MR) is 87.4 cm³/mol. The van der Waals surface area contributed by atoms with Gasteiger partial charge in [0, 0.05) is 5.56 Å². The van der Waals surface area contributed by atoms with Gasteiger partial charge < -0.3 is 10.1 Å². The van der Waals surface area contributed by atoms with Crippen molar-refractivity contribution >= 4 is 11.5 Å². The molecule has 1 atom stereocenters. The number of benzene rings is 1. The van der Waals surface area contributed by atoms with Gasteiger partial charge in [-0.15, -0.1) is 5.10 Å². The van der Waals surface area contributed by atoms with Crippen molar-refractivity contribution in [1.82, 2.24) is 14.9 Å². The molecule has 0 aliphatic rings. The molecule has 0 radical (unpaired) electrons. The first kappa shape index (κ1) is 15.9. The molecule has 0 fully saturated rings. The van der Waals surface area contributed by atoms with E-state index in [1.807, 2.05) is 7.05 Å². The highest BCUT2D eigenvalue weighted by Crippen LogP contribution is 2.37. The molecule has 0 bridgehead atoms. The number of methoxy groups -OCH3 is 1. The van der Waals surface area contributed by atoms with Crippen LogP contribution in [0.5, 0.6) is 5.75 Å². The van der Waals surface area contributed by atoms with Crippen molar-refractivity contribution < 1.29 is 4.74 Å². The van der Waals surface area contributed by atoms with Crippen LogP contribution in [0.2, 0.25) is 0 Å². The minimum atomic E-state index is 0.0537. The van der Waals surface area contributed by atoms with Crippen LogP contribution in [0.1, 0.15) is 53.1 Å². The zero-order valence-corrected chi connectivity index (χ0v) is 14.3. The van der Waals surface area contributed by atoms with Crippen LogP contribution in [-0.4, -0.2) is 23.7 Å². The third kappa shape index (κ3) is 3.09. The number of rotatable bonds is 5. The predicted octanol–water partition coefficient (Wildman–Crippen LogP) is 3.60. The quantitative estimate of drug-likeness (QED) is 0.917. The fourth-order valence-corrected chi connectivity index (χ4v) is 3.62. The minimum absolute atomic E-state index is 0.0537. The second-order valence-corrected chi connectivity index (χ2v) is 6.38. The van der Waals surface area contributed by atoms with E-state index in [1.54, 1.807) is 7.11 Å². The molecular formula is C16H23N3OS. The summed E-state index contributed by atoms with van der Waals surface area (Å²) in [5, 5.41) is 7.70. The summed E-state index contributed by atoms with van der Waals surface area (Å²) in [6.45, 7) is 8.50. The Balaban J connectivity index is 2.59. The van der Waals surface area contributed by atoms with E-state index in [4.69, 9.17) is 4.74 Å². The Morgan fingerprint density at radius 1 is 1.24 bits per heavy atom. The maximum absolute atomic E-state index is 5.61. The van der Waals surface area contributed by atoms with Gasteiger partial charge >= 0.3 is 0 Å². The summed E-state index contributed by atoms with van der Waals surface area (Å²) in [6, 6.07) is 4.32. The van der Waals surface area contributed by atoms with E-state index in [0.717, 1.165) is 16.3 Å². The average molecular weight is 305 g/mol. The molecular weight excluding hydrogens is 282 g/mol. The molecule has 0 spiro atoms. The molecule has 2 rings (SSSR count). The van der Waals surface area contributed by atoms with Crippen LogP contribution in [0, 0.1) is 13.8 Å². The van der Waals surface area contributed by atoms with Crippen molar-refractivity contribution in [3.05, 3.63) is 39.4 Å². The number of nitrogens with one attached hydrogen (secondary N) is 1. The molecule has 1 heterocycles. The second kappa shape index (κ2) is 6.54. The summed E-state index contributed by atoms with van der Waals surface area (Å²) in [4.78, 5) is 1.16. The number of hydrogen-bond donors (Lipinski definition) is 1. The van der Waals surface area contributed by atoms with Crippen molar-refractivity contribution in [2.24, 2.45) is 0 Å². The fourth-order valence-electron chi connectivity index (χ4n) is 2.69. The molecule has 5 heteroatoms. The normalized spacial score (nSPS) is 12.7. The lowest BCUT2D eigenvalue weighted by molar-refractivity contribution is 0.404. The van der Waals surface area contributed by atoms with Gasteiger partial charge in [0.1, 0.15) is 5.75 Å². The highest BCUT2D eigenvalue weighted by atomic mass is 32.1. The van der Waals surface area contributed by atoms with Crippen LogP contribution in [0.3, 0.4) is 0 Å². The fraction of sp³-hybridized carbons (Fsp3) is 0.500. The Labute approximate surface area is 130 Å². The van der Waals surface area contributed by atoms with Crippen LogP contribution < -0.4 is 10.1 Å². The zero-order valence-electron chi connectivity index (χ0n) is 13.5. The largest absolute Gasteiger partial charge is 0.496 e. The summed E-state index contributed by atoms with van der Waals surface area (Å²) in [5.41, 5.74) is 4.64. The highest BCUT2D eigenvalue weighted by molar-refractivity contribution is 7.05. The van der Waals surface area contributed by atoms with E-state index in [0.29, 0.717) is 5.92 Å². The van der Waals surface area contributed by atoms with E-state index in [2.05, 4.69) is 54.7 Å². The SMILES string of the molecule is CNC(c1snnc1C(C)C)c1c(C)cc(C)cc1OC. The van der Waals surface area contributed by atoms with E-state index < -0.39 is 0 Å². The van der Waals surface area contributed by atoms with Crippen LogP contribution in [-0.2, 0) is 0 Å². The summed E-state index contributed by atoms with van der Waals surface area (Å²) >= 11 is 1.46. The molecule has 1 aromatic heterocycles. The lowest BCUT2D eigenvalue weighted by Crippen LogP contribution is -2.20. The molecule has 21 heavy (non-hydrogen) atoms. The second-order valence-electron chi connectivity index (χ2n) is 5.60. The number of aromatic nitrogens is 2. The number of nitrogens with zero attached hydrogens (tertiary/aromatic N) is 2. The third-order valence-electron chi connectivity index (χ3n) is 3.64. The molecule has 1 unspecified atom stereocenters. The molecule has 0 aliphatic heterocycles. The standard InChI is InChI=1S/C16H23N3OS/c1-9(2)14-16(21-19-18-14)15(17-5)13-11(4)7-10(3)8-12(13)20-6/h7-9,15,17H,1-6H3. The van der Waals surface area contributed by atoms with Crippen molar-refractivity contribution in [3.8, 4) is 5.75 Å². The number of aryl methyl sites for hydroxylation is 2. The Morgan fingerprint density at radius 3 is 2.52 bits per heavy atom. The topological polar surface area (TPSA) is 47.0 Å². The zero-order chi connectivity index (χ0) is 15.6. The summed E-state index contributed by atoms with van der Waals surface area (Å²) in [7, 11) is 3.69. The van der Waals surface area contributed by atoms with Gasteiger partial charge in [0.15, 0.2) is 0 Å². The van der Waals surface area contributed by atoms with Crippen LogP contribution >= 0.6 is 11.5 Å². The van der Waals surface area contributed by atoms with Gasteiger partial charge in [-0.1, -0.05) is 24.4 Å². The maximum Gasteiger partial charge on any atom is 0.124 e. The van der Waals surface area contributed by atoms with Crippen molar-refractivity contribution in [2.45, 2.75) is 39.7 Å². The van der Waals surface area contributed by atoms with Gasteiger partial charge in [-0.3, -0.25) is 0 Å². The molecule has 0 aliphatic carbocycles. The van der Waals surface area contributed by atoms with Gasteiger partial charge in [0.25, 0.3) is 0 Å².